The molecular weight excluding hydrogens is 496 g/mol. The summed E-state index contributed by atoms with van der Waals surface area (Å²) in [6, 6.07) is 0. The van der Waals surface area contributed by atoms with E-state index in [-0.39, 0.29) is 46.8 Å². The van der Waals surface area contributed by atoms with Gasteiger partial charge in [0.25, 0.3) is 0 Å². The van der Waals surface area contributed by atoms with Crippen molar-refractivity contribution in [1.29, 1.82) is 0 Å². The van der Waals surface area contributed by atoms with Gasteiger partial charge < -0.3 is 18.6 Å². The zero-order valence-electron chi connectivity index (χ0n) is 25.3. The summed E-state index contributed by atoms with van der Waals surface area (Å²) in [6.45, 7) is 20.2. The van der Waals surface area contributed by atoms with Gasteiger partial charge in [-0.15, -0.1) is 0 Å². The van der Waals surface area contributed by atoms with Gasteiger partial charge in [0.05, 0.1) is 30.1 Å². The molecule has 0 aromatic rings. The number of allylic oxidation sites excluding steroid dienone is 1. The number of fused-ring (bicyclic) bond motifs is 1. The van der Waals surface area contributed by atoms with E-state index >= 15 is 0 Å². The highest BCUT2D eigenvalue weighted by molar-refractivity contribution is 6.74. The largest absolute Gasteiger partial charge is 0.462 e. The Kier molecular flexibility index (Phi) is 8.36. The van der Waals surface area contributed by atoms with Crippen LogP contribution in [0.25, 0.3) is 0 Å². The highest BCUT2D eigenvalue weighted by atomic mass is 28.4. The number of carbonyl (C=O) groups is 2. The first-order chi connectivity index (χ1) is 17.6. The second kappa shape index (κ2) is 10.7. The molecule has 6 nitrogen and oxygen atoms in total. The third-order valence-corrected chi connectivity index (χ3v) is 15.1. The summed E-state index contributed by atoms with van der Waals surface area (Å²) in [5.41, 5.74) is -0.843. The van der Waals surface area contributed by atoms with Crippen LogP contribution in [0, 0.1) is 29.1 Å². The minimum atomic E-state index is -1.98. The first-order valence-electron chi connectivity index (χ1n) is 15.0. The van der Waals surface area contributed by atoms with Crippen LogP contribution in [0.4, 0.5) is 0 Å². The lowest BCUT2D eigenvalue weighted by Gasteiger charge is -2.50. The topological polar surface area (TPSA) is 71.1 Å². The Morgan fingerprint density at radius 2 is 1.87 bits per heavy atom. The maximum atomic E-state index is 13.2. The van der Waals surface area contributed by atoms with E-state index < -0.39 is 13.7 Å². The number of carbonyl (C=O) groups excluding carboxylic acids is 2. The van der Waals surface area contributed by atoms with E-state index in [4.69, 9.17) is 18.6 Å². The second-order valence-corrected chi connectivity index (χ2v) is 19.5. The molecule has 4 aliphatic rings. The average Bonchev–Trinajstić information content (AvgIpc) is 3.14. The highest BCUT2D eigenvalue weighted by Gasteiger charge is 2.59. The molecule has 1 spiro atoms. The third-order valence-electron chi connectivity index (χ3n) is 10.5. The fraction of sp³-hybridized carbons (Fsp3) is 0.871. The van der Waals surface area contributed by atoms with Gasteiger partial charge in [-0.1, -0.05) is 46.8 Å². The van der Waals surface area contributed by atoms with Gasteiger partial charge in [-0.3, -0.25) is 9.59 Å². The predicted molar refractivity (Wildman–Crippen MR) is 151 cm³/mol. The van der Waals surface area contributed by atoms with Crippen LogP contribution in [0.3, 0.4) is 0 Å². The van der Waals surface area contributed by atoms with Crippen molar-refractivity contribution in [3.8, 4) is 0 Å². The number of rotatable bonds is 8. The lowest BCUT2D eigenvalue weighted by atomic mass is 9.59. The molecule has 0 N–H and O–H groups in total. The van der Waals surface area contributed by atoms with Crippen LogP contribution in [0.15, 0.2) is 12.2 Å². The van der Waals surface area contributed by atoms with E-state index in [1.165, 1.54) is 0 Å². The summed E-state index contributed by atoms with van der Waals surface area (Å²) in [4.78, 5) is 25.8. The SMILES string of the molecule is CCC(C)(C)C(=O)OC1CC2CO[C@]3(C=CC(C)C(CCC4CC(O[Si](C)(C)C(C)(C)C)CC(=O)O4)C13)C2. The lowest BCUT2D eigenvalue weighted by Crippen LogP contribution is -2.54. The van der Waals surface area contributed by atoms with Gasteiger partial charge in [0.2, 0.25) is 0 Å². The summed E-state index contributed by atoms with van der Waals surface area (Å²) in [7, 11) is -1.98. The predicted octanol–water partition coefficient (Wildman–Crippen LogP) is 6.83. The molecule has 38 heavy (non-hydrogen) atoms. The van der Waals surface area contributed by atoms with Crippen molar-refractivity contribution in [2.75, 3.05) is 6.61 Å². The fourth-order valence-electron chi connectivity index (χ4n) is 6.75. The molecule has 2 saturated heterocycles. The first-order valence-corrected chi connectivity index (χ1v) is 17.9. The summed E-state index contributed by atoms with van der Waals surface area (Å²) in [6.07, 6.45) is 9.65. The standard InChI is InChI=1S/C31H52O6Si/c1-10-30(6,7)28(33)36-25-15-21-18-31(34-19-21)14-13-20(2)24(27(25)31)12-11-22-16-23(17-26(32)35-22)37-38(8,9)29(3,4)5/h13-14,20-25,27H,10-12,15-19H2,1-9H3/t20?,21?,22?,23?,24?,25?,27?,31-/m1/s1. The zero-order chi connectivity index (χ0) is 28.1. The van der Waals surface area contributed by atoms with Gasteiger partial charge >= 0.3 is 11.9 Å². The molecule has 4 rings (SSSR count). The van der Waals surface area contributed by atoms with Gasteiger partial charge in [0, 0.05) is 12.3 Å². The van der Waals surface area contributed by atoms with Gasteiger partial charge in [-0.2, -0.15) is 0 Å². The van der Waals surface area contributed by atoms with Crippen molar-refractivity contribution < 1.29 is 28.2 Å². The van der Waals surface area contributed by atoms with Crippen molar-refractivity contribution >= 4 is 20.3 Å². The first kappa shape index (κ1) is 29.8. The minimum Gasteiger partial charge on any atom is -0.462 e. The Labute approximate surface area is 231 Å². The average molecular weight is 549 g/mol. The lowest BCUT2D eigenvalue weighted by molar-refractivity contribution is -0.176. The van der Waals surface area contributed by atoms with E-state index in [1.54, 1.807) is 0 Å². The van der Waals surface area contributed by atoms with Crippen LogP contribution in [-0.4, -0.2) is 50.8 Å². The van der Waals surface area contributed by atoms with Crippen molar-refractivity contribution in [3.63, 3.8) is 0 Å². The molecule has 0 aromatic carbocycles. The molecule has 216 valence electrons. The van der Waals surface area contributed by atoms with Crippen molar-refractivity contribution in [3.05, 3.63) is 12.2 Å². The maximum Gasteiger partial charge on any atom is 0.311 e. The number of cyclic esters (lactones) is 1. The van der Waals surface area contributed by atoms with Crippen molar-refractivity contribution in [2.45, 2.75) is 135 Å². The monoisotopic (exact) mass is 548 g/mol. The number of hydrogen-bond acceptors (Lipinski definition) is 6. The normalized spacial score (nSPS) is 37.5. The Hall–Kier alpha value is -1.18. The zero-order valence-corrected chi connectivity index (χ0v) is 26.3. The van der Waals surface area contributed by atoms with E-state index in [0.29, 0.717) is 24.2 Å². The van der Waals surface area contributed by atoms with Crippen LogP contribution in [0.1, 0.15) is 93.4 Å². The quantitative estimate of drug-likeness (QED) is 0.188. The van der Waals surface area contributed by atoms with Gasteiger partial charge in [-0.25, -0.2) is 0 Å². The van der Waals surface area contributed by atoms with Crippen molar-refractivity contribution in [1.82, 2.24) is 0 Å². The molecule has 2 aliphatic carbocycles. The molecule has 7 heteroatoms. The Morgan fingerprint density at radius 1 is 1.16 bits per heavy atom. The minimum absolute atomic E-state index is 0.0734. The molecule has 2 bridgehead atoms. The van der Waals surface area contributed by atoms with Crippen LogP contribution in [0.5, 0.6) is 0 Å². The molecule has 0 radical (unpaired) electrons. The molecule has 8 atom stereocenters. The number of hydrogen-bond donors (Lipinski definition) is 0. The van der Waals surface area contributed by atoms with Crippen LogP contribution >= 0.6 is 0 Å². The van der Waals surface area contributed by atoms with Gasteiger partial charge in [0.1, 0.15) is 12.2 Å². The number of ether oxygens (including phenoxy) is 3. The maximum absolute atomic E-state index is 13.2. The Morgan fingerprint density at radius 3 is 2.53 bits per heavy atom. The summed E-state index contributed by atoms with van der Waals surface area (Å²) in [5, 5.41) is 0.0982. The van der Waals surface area contributed by atoms with E-state index in [9.17, 15) is 9.59 Å². The Balaban J connectivity index is 1.48. The molecule has 2 aliphatic heterocycles. The van der Waals surface area contributed by atoms with Crippen molar-refractivity contribution in [2.24, 2.45) is 29.1 Å². The summed E-state index contributed by atoms with van der Waals surface area (Å²) >= 11 is 0. The van der Waals surface area contributed by atoms with Crippen LogP contribution < -0.4 is 0 Å². The molecule has 0 amide bonds. The molecule has 2 heterocycles. The second-order valence-electron chi connectivity index (χ2n) is 14.8. The Bertz CT molecular complexity index is 920. The highest BCUT2D eigenvalue weighted by Crippen LogP contribution is 2.55. The summed E-state index contributed by atoms with van der Waals surface area (Å²) in [5.74, 6) is 0.935. The van der Waals surface area contributed by atoms with Crippen LogP contribution in [0.2, 0.25) is 18.1 Å². The molecule has 1 saturated carbocycles. The van der Waals surface area contributed by atoms with E-state index in [1.807, 2.05) is 20.8 Å². The smallest absolute Gasteiger partial charge is 0.311 e. The molecule has 7 unspecified atom stereocenters. The van der Waals surface area contributed by atoms with Crippen LogP contribution in [-0.2, 0) is 28.2 Å². The molecule has 3 fully saturated rings. The molecular formula is C31H52O6Si. The van der Waals surface area contributed by atoms with Gasteiger partial charge in [0.15, 0.2) is 8.32 Å². The fourth-order valence-corrected chi connectivity index (χ4v) is 8.12. The van der Waals surface area contributed by atoms with E-state index in [2.05, 4.69) is 52.9 Å². The van der Waals surface area contributed by atoms with Gasteiger partial charge in [-0.05, 0) is 81.8 Å². The summed E-state index contributed by atoms with van der Waals surface area (Å²) < 4.78 is 25.3. The number of esters is 2. The van der Waals surface area contributed by atoms with E-state index in [0.717, 1.165) is 45.1 Å². The molecule has 0 aromatic heterocycles. The third kappa shape index (κ3) is 5.95.